The number of hydrogen-bond acceptors (Lipinski definition) is 4. The van der Waals surface area contributed by atoms with Crippen LogP contribution in [-0.2, 0) is 11.3 Å². The number of para-hydroxylation sites is 1. The maximum Gasteiger partial charge on any atom is 0.108 e. The van der Waals surface area contributed by atoms with Crippen LogP contribution in [-0.4, -0.2) is 43.9 Å². The lowest BCUT2D eigenvalue weighted by Gasteiger charge is -2.35. The summed E-state index contributed by atoms with van der Waals surface area (Å²) in [6.45, 7) is 6.53. The lowest BCUT2D eigenvalue weighted by Crippen LogP contribution is -2.40. The van der Waals surface area contributed by atoms with Crippen molar-refractivity contribution in [2.24, 2.45) is 0 Å². The average Bonchev–Trinajstić information content (AvgIpc) is 2.91. The molecule has 1 saturated heterocycles. The van der Waals surface area contributed by atoms with Gasteiger partial charge in [-0.3, -0.25) is 5.32 Å². The maximum absolute atomic E-state index is 6.71. The van der Waals surface area contributed by atoms with Gasteiger partial charge in [0.25, 0.3) is 0 Å². The number of nitrogens with one attached hydrogen (secondary N) is 1. The van der Waals surface area contributed by atoms with E-state index < -0.39 is 0 Å². The summed E-state index contributed by atoms with van der Waals surface area (Å²) in [7, 11) is 0. The van der Waals surface area contributed by atoms with Crippen molar-refractivity contribution >= 4 is 5.69 Å². The van der Waals surface area contributed by atoms with E-state index >= 15 is 0 Å². The summed E-state index contributed by atoms with van der Waals surface area (Å²) >= 11 is 0. The van der Waals surface area contributed by atoms with E-state index in [-0.39, 0.29) is 6.10 Å². The van der Waals surface area contributed by atoms with Gasteiger partial charge >= 0.3 is 0 Å². The number of nitrogens with zero attached hydrogens (tertiary/aromatic N) is 2. The van der Waals surface area contributed by atoms with Gasteiger partial charge in [-0.05, 0) is 55.0 Å². The summed E-state index contributed by atoms with van der Waals surface area (Å²) in [5, 5.41) is 3.53. The highest BCUT2D eigenvalue weighted by atomic mass is 16.5. The molecule has 0 atom stereocenters. The van der Waals surface area contributed by atoms with Crippen LogP contribution >= 0.6 is 0 Å². The van der Waals surface area contributed by atoms with E-state index in [1.54, 1.807) is 0 Å². The molecular formula is C30H37N3O. The topological polar surface area (TPSA) is 27.7 Å². The van der Waals surface area contributed by atoms with Gasteiger partial charge in [-0.25, -0.2) is 0 Å². The predicted octanol–water partition coefficient (Wildman–Crippen LogP) is 5.60. The first-order valence-electron chi connectivity index (χ1n) is 12.9. The average molecular weight is 456 g/mol. The van der Waals surface area contributed by atoms with Crippen LogP contribution in [0.1, 0.15) is 48.5 Å². The molecule has 0 saturated carbocycles. The SMILES string of the molecule is c1ccc(C(OC2CCN(CCCCN3CNCc4ccccc43)CC2)c2ccccc2)cc1. The van der Waals surface area contributed by atoms with Crippen molar-refractivity contribution < 1.29 is 4.74 Å². The van der Waals surface area contributed by atoms with Crippen molar-refractivity contribution in [1.29, 1.82) is 0 Å². The number of piperidine rings is 1. The summed E-state index contributed by atoms with van der Waals surface area (Å²) in [5.41, 5.74) is 5.31. The maximum atomic E-state index is 6.71. The van der Waals surface area contributed by atoms with Crippen LogP contribution < -0.4 is 10.2 Å². The van der Waals surface area contributed by atoms with Gasteiger partial charge in [-0.2, -0.15) is 0 Å². The number of likely N-dealkylation sites (tertiary alicyclic amines) is 1. The van der Waals surface area contributed by atoms with Gasteiger partial charge in [-0.15, -0.1) is 0 Å². The lowest BCUT2D eigenvalue weighted by molar-refractivity contribution is -0.0270. The Hall–Kier alpha value is -2.66. The molecule has 1 fully saturated rings. The summed E-state index contributed by atoms with van der Waals surface area (Å²) < 4.78 is 6.71. The van der Waals surface area contributed by atoms with Crippen molar-refractivity contribution in [2.75, 3.05) is 37.7 Å². The molecule has 4 heteroatoms. The molecule has 0 radical (unpaired) electrons. The summed E-state index contributed by atoms with van der Waals surface area (Å²) in [6.07, 6.45) is 5.04. The van der Waals surface area contributed by atoms with E-state index in [0.717, 1.165) is 45.7 Å². The second kappa shape index (κ2) is 11.7. The second-order valence-corrected chi connectivity index (χ2v) is 9.56. The molecule has 3 aromatic carbocycles. The Morgan fingerprint density at radius 2 is 1.38 bits per heavy atom. The molecule has 2 heterocycles. The lowest BCUT2D eigenvalue weighted by atomic mass is 10.00. The van der Waals surface area contributed by atoms with Crippen molar-refractivity contribution in [1.82, 2.24) is 10.2 Å². The Morgan fingerprint density at radius 1 is 0.765 bits per heavy atom. The Bertz CT molecular complexity index is 962. The zero-order valence-corrected chi connectivity index (χ0v) is 20.1. The van der Waals surface area contributed by atoms with Crippen LogP contribution in [0.2, 0.25) is 0 Å². The summed E-state index contributed by atoms with van der Waals surface area (Å²) in [5.74, 6) is 0. The third-order valence-corrected chi connectivity index (χ3v) is 7.17. The fourth-order valence-electron chi connectivity index (χ4n) is 5.28. The molecule has 5 rings (SSSR count). The number of ether oxygens (including phenoxy) is 1. The number of anilines is 1. The van der Waals surface area contributed by atoms with Gasteiger partial charge in [0, 0.05) is 31.9 Å². The molecule has 0 aromatic heterocycles. The molecule has 0 spiro atoms. The van der Waals surface area contributed by atoms with Gasteiger partial charge in [0.2, 0.25) is 0 Å². The smallest absolute Gasteiger partial charge is 0.108 e. The first-order valence-corrected chi connectivity index (χ1v) is 12.9. The molecule has 3 aromatic rings. The molecule has 1 N–H and O–H groups in total. The van der Waals surface area contributed by atoms with E-state index in [1.807, 2.05) is 0 Å². The number of hydrogen-bond donors (Lipinski definition) is 1. The quantitative estimate of drug-likeness (QED) is 0.425. The fraction of sp³-hybridized carbons (Fsp3) is 0.400. The monoisotopic (exact) mass is 455 g/mol. The Morgan fingerprint density at radius 3 is 2.09 bits per heavy atom. The van der Waals surface area contributed by atoms with E-state index in [0.29, 0.717) is 6.10 Å². The molecule has 0 aliphatic carbocycles. The van der Waals surface area contributed by atoms with Crippen LogP contribution in [0.25, 0.3) is 0 Å². The third-order valence-electron chi connectivity index (χ3n) is 7.17. The minimum atomic E-state index is 0.0139. The predicted molar refractivity (Wildman–Crippen MR) is 140 cm³/mol. The Labute approximate surface area is 204 Å². The highest BCUT2D eigenvalue weighted by Gasteiger charge is 2.24. The number of rotatable bonds is 9. The van der Waals surface area contributed by atoms with E-state index in [2.05, 4.69) is 100 Å². The van der Waals surface area contributed by atoms with E-state index in [1.165, 1.54) is 41.8 Å². The number of benzene rings is 3. The molecule has 4 nitrogen and oxygen atoms in total. The van der Waals surface area contributed by atoms with Gasteiger partial charge in [-0.1, -0.05) is 78.9 Å². The van der Waals surface area contributed by atoms with Crippen molar-refractivity contribution in [3.05, 3.63) is 102 Å². The highest BCUT2D eigenvalue weighted by Crippen LogP contribution is 2.30. The largest absolute Gasteiger partial charge is 0.365 e. The third kappa shape index (κ3) is 5.87. The van der Waals surface area contributed by atoms with Crippen LogP contribution in [0.5, 0.6) is 0 Å². The minimum absolute atomic E-state index is 0.0139. The van der Waals surface area contributed by atoms with Gasteiger partial charge in [0.1, 0.15) is 6.10 Å². The van der Waals surface area contributed by atoms with Crippen LogP contribution in [0, 0.1) is 0 Å². The molecule has 0 amide bonds. The first-order chi connectivity index (χ1) is 16.9. The summed E-state index contributed by atoms with van der Waals surface area (Å²) in [4.78, 5) is 5.12. The molecule has 34 heavy (non-hydrogen) atoms. The van der Waals surface area contributed by atoms with Crippen molar-refractivity contribution in [2.45, 2.75) is 44.4 Å². The molecule has 2 aliphatic heterocycles. The molecular weight excluding hydrogens is 418 g/mol. The number of fused-ring (bicyclic) bond motifs is 1. The normalized spacial score (nSPS) is 17.1. The van der Waals surface area contributed by atoms with Crippen molar-refractivity contribution in [3.63, 3.8) is 0 Å². The van der Waals surface area contributed by atoms with E-state index in [4.69, 9.17) is 4.74 Å². The van der Waals surface area contributed by atoms with E-state index in [9.17, 15) is 0 Å². The van der Waals surface area contributed by atoms with Crippen LogP contribution in [0.15, 0.2) is 84.9 Å². The van der Waals surface area contributed by atoms with Gasteiger partial charge in [0.05, 0.1) is 12.8 Å². The molecule has 178 valence electrons. The molecule has 0 bridgehead atoms. The van der Waals surface area contributed by atoms with Crippen LogP contribution in [0.3, 0.4) is 0 Å². The number of unbranched alkanes of at least 4 members (excludes halogenated alkanes) is 1. The molecule has 2 aliphatic rings. The fourth-order valence-corrected chi connectivity index (χ4v) is 5.28. The Balaban J connectivity index is 1.07. The van der Waals surface area contributed by atoms with Crippen LogP contribution in [0.4, 0.5) is 5.69 Å². The molecule has 0 unspecified atom stereocenters. The Kier molecular flexibility index (Phi) is 7.92. The zero-order chi connectivity index (χ0) is 23.0. The van der Waals surface area contributed by atoms with Crippen molar-refractivity contribution in [3.8, 4) is 0 Å². The second-order valence-electron chi connectivity index (χ2n) is 9.56. The first kappa shape index (κ1) is 23.1. The summed E-state index contributed by atoms with van der Waals surface area (Å²) in [6, 6.07) is 30.1. The minimum Gasteiger partial charge on any atom is -0.365 e. The standard InChI is InChI=1S/C30H37N3O/c1-3-11-25(12-4-1)30(26-13-5-2-6-14-26)34-28-17-21-32(22-18-28)19-9-10-20-33-24-31-23-27-15-7-8-16-29(27)33/h1-8,11-16,28,30-31H,9-10,17-24H2. The van der Waals surface area contributed by atoms with Gasteiger partial charge < -0.3 is 14.5 Å². The zero-order valence-electron chi connectivity index (χ0n) is 20.1. The highest BCUT2D eigenvalue weighted by molar-refractivity contribution is 5.54. The van der Waals surface area contributed by atoms with Gasteiger partial charge in [0.15, 0.2) is 0 Å².